The van der Waals surface area contributed by atoms with Gasteiger partial charge in [-0.2, -0.15) is 13.2 Å². The molecule has 0 spiro atoms. The highest BCUT2D eigenvalue weighted by Gasteiger charge is 2.37. The van der Waals surface area contributed by atoms with Gasteiger partial charge in [-0.1, -0.05) is 0 Å². The molecule has 1 aromatic rings. The summed E-state index contributed by atoms with van der Waals surface area (Å²) in [6.07, 6.45) is -2.49. The van der Waals surface area contributed by atoms with Crippen molar-refractivity contribution < 1.29 is 17.9 Å². The highest BCUT2D eigenvalue weighted by molar-refractivity contribution is 9.10. The van der Waals surface area contributed by atoms with Crippen LogP contribution in [0, 0.1) is 5.92 Å². The van der Waals surface area contributed by atoms with Gasteiger partial charge in [0.2, 0.25) is 5.88 Å². The van der Waals surface area contributed by atoms with Crippen molar-refractivity contribution in [2.75, 3.05) is 26.2 Å². The topological polar surface area (TPSA) is 25.4 Å². The molecule has 0 aliphatic carbocycles. The van der Waals surface area contributed by atoms with Crippen LogP contribution in [-0.4, -0.2) is 42.3 Å². The molecule has 100 valence electrons. The van der Waals surface area contributed by atoms with Crippen LogP contribution in [0.25, 0.3) is 0 Å². The summed E-state index contributed by atoms with van der Waals surface area (Å²) in [6.45, 7) is 0.426. The van der Waals surface area contributed by atoms with E-state index in [0.717, 1.165) is 4.47 Å². The largest absolute Gasteiger partial charge is 0.477 e. The third-order valence-corrected chi connectivity index (χ3v) is 3.07. The Morgan fingerprint density at radius 3 is 2.67 bits per heavy atom. The molecule has 1 aliphatic heterocycles. The molecule has 2 heterocycles. The van der Waals surface area contributed by atoms with Crippen molar-refractivity contribution in [3.8, 4) is 5.88 Å². The van der Waals surface area contributed by atoms with Gasteiger partial charge in [-0.25, -0.2) is 4.98 Å². The normalized spacial score (nSPS) is 17.6. The fourth-order valence-electron chi connectivity index (χ4n) is 1.82. The minimum Gasteiger partial charge on any atom is -0.477 e. The smallest absolute Gasteiger partial charge is 0.401 e. The van der Waals surface area contributed by atoms with E-state index >= 15 is 0 Å². The Kier molecular flexibility index (Phi) is 4.11. The number of aromatic nitrogens is 1. The Labute approximate surface area is 111 Å². The first kappa shape index (κ1) is 13.6. The van der Waals surface area contributed by atoms with Crippen LogP contribution in [0.5, 0.6) is 5.88 Å². The third-order valence-electron chi connectivity index (χ3n) is 2.60. The number of ether oxygens (including phenoxy) is 1. The van der Waals surface area contributed by atoms with E-state index in [2.05, 4.69) is 20.9 Å². The molecule has 1 aromatic heterocycles. The van der Waals surface area contributed by atoms with Gasteiger partial charge in [0.1, 0.15) is 0 Å². The summed E-state index contributed by atoms with van der Waals surface area (Å²) in [5.74, 6) is 0.644. The first-order chi connectivity index (χ1) is 8.42. The van der Waals surface area contributed by atoms with Crippen LogP contribution >= 0.6 is 15.9 Å². The van der Waals surface area contributed by atoms with E-state index in [-0.39, 0.29) is 5.92 Å². The standard InChI is InChI=1S/C11H12BrF3N2O/c12-9-1-2-10(16-3-9)18-6-8-4-17(5-8)7-11(13,14)15/h1-3,8H,4-7H2. The molecule has 1 fully saturated rings. The molecule has 7 heteroatoms. The Morgan fingerprint density at radius 1 is 1.39 bits per heavy atom. The second kappa shape index (κ2) is 5.44. The van der Waals surface area contributed by atoms with Crippen molar-refractivity contribution in [1.29, 1.82) is 0 Å². The van der Waals surface area contributed by atoms with Gasteiger partial charge in [-0.3, -0.25) is 4.90 Å². The number of likely N-dealkylation sites (tertiary alicyclic amines) is 1. The van der Waals surface area contributed by atoms with Gasteiger partial charge < -0.3 is 4.74 Å². The van der Waals surface area contributed by atoms with Crippen LogP contribution in [0.4, 0.5) is 13.2 Å². The Hall–Kier alpha value is -0.820. The van der Waals surface area contributed by atoms with E-state index in [0.29, 0.717) is 25.6 Å². The van der Waals surface area contributed by atoms with Crippen LogP contribution in [0.1, 0.15) is 0 Å². The van der Waals surface area contributed by atoms with Crippen LogP contribution < -0.4 is 4.74 Å². The molecule has 0 unspecified atom stereocenters. The maximum absolute atomic E-state index is 12.1. The van der Waals surface area contributed by atoms with Crippen LogP contribution in [0.15, 0.2) is 22.8 Å². The zero-order valence-electron chi connectivity index (χ0n) is 9.45. The number of hydrogen-bond acceptors (Lipinski definition) is 3. The van der Waals surface area contributed by atoms with Gasteiger partial charge in [-0.05, 0) is 22.0 Å². The number of alkyl halides is 3. The molecule has 18 heavy (non-hydrogen) atoms. The Bertz CT molecular complexity index is 390. The average Bonchev–Trinajstić information content (AvgIpc) is 2.22. The number of rotatable bonds is 4. The lowest BCUT2D eigenvalue weighted by Gasteiger charge is -2.39. The molecule has 0 atom stereocenters. The van der Waals surface area contributed by atoms with E-state index in [4.69, 9.17) is 4.74 Å². The zero-order chi connectivity index (χ0) is 13.2. The van der Waals surface area contributed by atoms with Crippen molar-refractivity contribution >= 4 is 15.9 Å². The quantitative estimate of drug-likeness (QED) is 0.851. The second-order valence-electron chi connectivity index (χ2n) is 4.30. The molecule has 0 bridgehead atoms. The van der Waals surface area contributed by atoms with Gasteiger partial charge >= 0.3 is 6.18 Å². The number of pyridine rings is 1. The number of halogens is 4. The molecule has 0 N–H and O–H groups in total. The van der Waals surface area contributed by atoms with Crippen LogP contribution in [0.3, 0.4) is 0 Å². The summed E-state index contributed by atoms with van der Waals surface area (Å²) >= 11 is 3.25. The molecule has 2 rings (SSSR count). The molecule has 0 aromatic carbocycles. The summed E-state index contributed by atoms with van der Waals surface area (Å²) in [7, 11) is 0. The highest BCUT2D eigenvalue weighted by atomic mass is 79.9. The molecule has 0 amide bonds. The van der Waals surface area contributed by atoms with E-state index in [9.17, 15) is 13.2 Å². The van der Waals surface area contributed by atoms with Crippen molar-refractivity contribution in [3.63, 3.8) is 0 Å². The maximum Gasteiger partial charge on any atom is 0.401 e. The van der Waals surface area contributed by atoms with Gasteiger partial charge in [0.05, 0.1) is 13.2 Å². The lowest BCUT2D eigenvalue weighted by molar-refractivity contribution is -0.160. The predicted octanol–water partition coefficient (Wildman–Crippen LogP) is 2.72. The van der Waals surface area contributed by atoms with Gasteiger partial charge in [-0.15, -0.1) is 0 Å². The van der Waals surface area contributed by atoms with Gasteiger partial charge in [0.25, 0.3) is 0 Å². The van der Waals surface area contributed by atoms with E-state index < -0.39 is 12.7 Å². The van der Waals surface area contributed by atoms with Crippen molar-refractivity contribution in [3.05, 3.63) is 22.8 Å². The van der Waals surface area contributed by atoms with Crippen molar-refractivity contribution in [2.45, 2.75) is 6.18 Å². The monoisotopic (exact) mass is 324 g/mol. The lowest BCUT2D eigenvalue weighted by Crippen LogP contribution is -2.52. The molecule has 0 saturated carbocycles. The molecule has 0 radical (unpaired) electrons. The average molecular weight is 325 g/mol. The maximum atomic E-state index is 12.1. The van der Waals surface area contributed by atoms with Crippen molar-refractivity contribution in [2.24, 2.45) is 5.92 Å². The minimum atomic E-state index is -4.11. The summed E-state index contributed by atoms with van der Waals surface area (Å²) in [4.78, 5) is 5.39. The number of nitrogens with zero attached hydrogens (tertiary/aromatic N) is 2. The molecular weight excluding hydrogens is 313 g/mol. The highest BCUT2D eigenvalue weighted by Crippen LogP contribution is 2.23. The van der Waals surface area contributed by atoms with Crippen molar-refractivity contribution in [1.82, 2.24) is 9.88 Å². The number of hydrogen-bond donors (Lipinski definition) is 0. The Balaban J connectivity index is 1.67. The first-order valence-electron chi connectivity index (χ1n) is 5.46. The fourth-order valence-corrected chi connectivity index (χ4v) is 2.05. The second-order valence-corrected chi connectivity index (χ2v) is 5.22. The van der Waals surface area contributed by atoms with Gasteiger partial charge in [0, 0.05) is 35.7 Å². The third kappa shape index (κ3) is 4.13. The van der Waals surface area contributed by atoms with E-state index in [1.54, 1.807) is 18.3 Å². The van der Waals surface area contributed by atoms with Crippen LogP contribution in [0.2, 0.25) is 0 Å². The molecule has 1 saturated heterocycles. The summed E-state index contributed by atoms with van der Waals surface area (Å²) in [5, 5.41) is 0. The molecule has 3 nitrogen and oxygen atoms in total. The molecular formula is C11H12BrF3N2O. The SMILES string of the molecule is FC(F)(F)CN1CC(COc2ccc(Br)cn2)C1. The van der Waals surface area contributed by atoms with Crippen LogP contribution in [-0.2, 0) is 0 Å². The minimum absolute atomic E-state index is 0.151. The molecule has 1 aliphatic rings. The fraction of sp³-hybridized carbons (Fsp3) is 0.545. The van der Waals surface area contributed by atoms with E-state index in [1.807, 2.05) is 0 Å². The predicted molar refractivity (Wildman–Crippen MR) is 63.4 cm³/mol. The summed E-state index contributed by atoms with van der Waals surface area (Å²) < 4.78 is 42.4. The zero-order valence-corrected chi connectivity index (χ0v) is 11.0. The van der Waals surface area contributed by atoms with E-state index in [1.165, 1.54) is 4.90 Å². The Morgan fingerprint density at radius 2 is 2.11 bits per heavy atom. The van der Waals surface area contributed by atoms with Gasteiger partial charge in [0.15, 0.2) is 0 Å². The first-order valence-corrected chi connectivity index (χ1v) is 6.25. The lowest BCUT2D eigenvalue weighted by atomic mass is 10.0. The summed E-state index contributed by atoms with van der Waals surface area (Å²) in [5.41, 5.74) is 0. The summed E-state index contributed by atoms with van der Waals surface area (Å²) in [6, 6.07) is 3.52.